The van der Waals surface area contributed by atoms with Crippen molar-refractivity contribution in [2.75, 3.05) is 26.9 Å². The van der Waals surface area contributed by atoms with Gasteiger partial charge >= 0.3 is 0 Å². The molecule has 1 unspecified atom stereocenters. The molecule has 102 valence electrons. The molecule has 0 aliphatic rings. The first-order chi connectivity index (χ1) is 8.69. The van der Waals surface area contributed by atoms with Crippen LogP contribution < -0.4 is 5.32 Å². The van der Waals surface area contributed by atoms with Gasteiger partial charge in [-0.15, -0.1) is 11.8 Å². The fraction of sp³-hybridized carbons (Fsp3) is 0.538. The van der Waals surface area contributed by atoms with Crippen LogP contribution in [0, 0.1) is 0 Å². The zero-order chi connectivity index (χ0) is 13.4. The van der Waals surface area contributed by atoms with Crippen LogP contribution >= 0.6 is 23.4 Å². The van der Waals surface area contributed by atoms with Gasteiger partial charge in [0.1, 0.15) is 0 Å². The van der Waals surface area contributed by atoms with Gasteiger partial charge in [0.05, 0.1) is 13.2 Å². The summed E-state index contributed by atoms with van der Waals surface area (Å²) >= 11 is 7.86. The van der Waals surface area contributed by atoms with Crippen LogP contribution in [0.2, 0.25) is 5.02 Å². The molecule has 1 rings (SSSR count). The first-order valence-corrected chi connectivity index (χ1v) is 7.19. The Balaban J connectivity index is 2.67. The van der Waals surface area contributed by atoms with E-state index in [2.05, 4.69) is 5.32 Å². The van der Waals surface area contributed by atoms with E-state index < -0.39 is 0 Å². The maximum Gasteiger partial charge on any atom is 0.0587 e. The van der Waals surface area contributed by atoms with Crippen LogP contribution in [-0.4, -0.2) is 37.2 Å². The molecule has 0 amide bonds. The van der Waals surface area contributed by atoms with Crippen molar-refractivity contribution in [1.29, 1.82) is 0 Å². The Kier molecular flexibility index (Phi) is 7.70. The Morgan fingerprint density at radius 2 is 2.28 bits per heavy atom. The highest BCUT2D eigenvalue weighted by atomic mass is 35.5. The molecular weight excluding hydrogens is 270 g/mol. The number of benzene rings is 1. The SMILES string of the molecule is COCCNCc1c(Cl)cccc1SC(C)CO. The minimum atomic E-state index is 0.160. The Morgan fingerprint density at radius 3 is 2.94 bits per heavy atom. The van der Waals surface area contributed by atoms with Gasteiger partial charge in [-0.25, -0.2) is 0 Å². The van der Waals surface area contributed by atoms with Crippen molar-refractivity contribution in [3.63, 3.8) is 0 Å². The number of hydrogen-bond donors (Lipinski definition) is 2. The summed E-state index contributed by atoms with van der Waals surface area (Å²) in [6.07, 6.45) is 0. The standard InChI is InChI=1S/C13H20ClNO2S/c1-10(9-16)18-13-5-3-4-12(14)11(13)8-15-6-7-17-2/h3-5,10,15-16H,6-9H2,1-2H3. The highest BCUT2D eigenvalue weighted by Crippen LogP contribution is 2.31. The number of hydrogen-bond acceptors (Lipinski definition) is 4. The van der Waals surface area contributed by atoms with Gasteiger partial charge in [-0.3, -0.25) is 0 Å². The first kappa shape index (κ1) is 15.8. The molecule has 5 heteroatoms. The van der Waals surface area contributed by atoms with Crippen LogP contribution in [0.4, 0.5) is 0 Å². The van der Waals surface area contributed by atoms with Crippen molar-refractivity contribution < 1.29 is 9.84 Å². The van der Waals surface area contributed by atoms with Gasteiger partial charge < -0.3 is 15.2 Å². The van der Waals surface area contributed by atoms with E-state index >= 15 is 0 Å². The third-order valence-corrected chi connectivity index (χ3v) is 3.99. The number of nitrogens with one attached hydrogen (secondary N) is 1. The number of thioether (sulfide) groups is 1. The van der Waals surface area contributed by atoms with Gasteiger partial charge in [0.15, 0.2) is 0 Å². The lowest BCUT2D eigenvalue weighted by Crippen LogP contribution is -2.19. The minimum absolute atomic E-state index is 0.160. The number of rotatable bonds is 8. The van der Waals surface area contributed by atoms with E-state index in [-0.39, 0.29) is 11.9 Å². The topological polar surface area (TPSA) is 41.5 Å². The average Bonchev–Trinajstić information content (AvgIpc) is 2.37. The average molecular weight is 290 g/mol. The van der Waals surface area contributed by atoms with E-state index in [1.807, 2.05) is 25.1 Å². The second-order valence-corrected chi connectivity index (χ2v) is 5.88. The fourth-order valence-corrected chi connectivity index (χ4v) is 2.75. The summed E-state index contributed by atoms with van der Waals surface area (Å²) in [5.41, 5.74) is 1.08. The molecule has 0 radical (unpaired) electrons. The summed E-state index contributed by atoms with van der Waals surface area (Å²) < 4.78 is 4.99. The molecule has 0 heterocycles. The van der Waals surface area contributed by atoms with Crippen LogP contribution in [0.3, 0.4) is 0 Å². The molecule has 1 atom stereocenters. The highest BCUT2D eigenvalue weighted by Gasteiger charge is 2.10. The Labute approximate surface area is 118 Å². The Hall–Kier alpha value is -0.260. The summed E-state index contributed by atoms with van der Waals surface area (Å²) in [7, 11) is 1.68. The third-order valence-electron chi connectivity index (χ3n) is 2.45. The van der Waals surface area contributed by atoms with Crippen LogP contribution in [0.25, 0.3) is 0 Å². The molecule has 0 spiro atoms. The maximum atomic E-state index is 9.12. The number of aliphatic hydroxyl groups excluding tert-OH is 1. The van der Waals surface area contributed by atoms with Crippen LogP contribution in [0.5, 0.6) is 0 Å². The van der Waals surface area contributed by atoms with Crippen LogP contribution in [0.1, 0.15) is 12.5 Å². The minimum Gasteiger partial charge on any atom is -0.395 e. The van der Waals surface area contributed by atoms with E-state index in [0.717, 1.165) is 22.0 Å². The second-order valence-electron chi connectivity index (χ2n) is 4.00. The molecule has 1 aromatic rings. The van der Waals surface area contributed by atoms with Crippen molar-refractivity contribution >= 4 is 23.4 Å². The van der Waals surface area contributed by atoms with E-state index in [0.29, 0.717) is 13.2 Å². The van der Waals surface area contributed by atoms with Crippen molar-refractivity contribution in [3.8, 4) is 0 Å². The Morgan fingerprint density at radius 1 is 1.50 bits per heavy atom. The smallest absolute Gasteiger partial charge is 0.0587 e. The van der Waals surface area contributed by atoms with Crippen molar-refractivity contribution in [2.45, 2.75) is 23.6 Å². The monoisotopic (exact) mass is 289 g/mol. The number of methoxy groups -OCH3 is 1. The summed E-state index contributed by atoms with van der Waals surface area (Å²) in [4.78, 5) is 1.12. The van der Waals surface area contributed by atoms with Crippen LogP contribution in [-0.2, 0) is 11.3 Å². The maximum absolute atomic E-state index is 9.12. The number of aliphatic hydroxyl groups is 1. The highest BCUT2D eigenvalue weighted by molar-refractivity contribution is 8.00. The molecule has 1 aromatic carbocycles. The van der Waals surface area contributed by atoms with E-state index in [1.54, 1.807) is 18.9 Å². The zero-order valence-corrected chi connectivity index (χ0v) is 12.4. The fourth-order valence-electron chi connectivity index (χ4n) is 1.46. The van der Waals surface area contributed by atoms with Crippen molar-refractivity contribution in [3.05, 3.63) is 28.8 Å². The largest absolute Gasteiger partial charge is 0.395 e. The molecule has 18 heavy (non-hydrogen) atoms. The molecular formula is C13H20ClNO2S. The molecule has 3 nitrogen and oxygen atoms in total. The first-order valence-electron chi connectivity index (χ1n) is 5.93. The second kappa shape index (κ2) is 8.77. The van der Waals surface area contributed by atoms with E-state index in [4.69, 9.17) is 21.4 Å². The molecule has 0 bridgehead atoms. The Bertz CT molecular complexity index is 363. The molecule has 0 aliphatic carbocycles. The van der Waals surface area contributed by atoms with Gasteiger partial charge in [-0.1, -0.05) is 24.6 Å². The van der Waals surface area contributed by atoms with Crippen molar-refractivity contribution in [2.24, 2.45) is 0 Å². The van der Waals surface area contributed by atoms with E-state index in [1.165, 1.54) is 0 Å². The van der Waals surface area contributed by atoms with Gasteiger partial charge in [-0.05, 0) is 17.7 Å². The van der Waals surface area contributed by atoms with Gasteiger partial charge in [0.25, 0.3) is 0 Å². The number of halogens is 1. The summed E-state index contributed by atoms with van der Waals surface area (Å²) in [6.45, 7) is 4.34. The molecule has 0 saturated heterocycles. The third kappa shape index (κ3) is 5.16. The van der Waals surface area contributed by atoms with Crippen LogP contribution in [0.15, 0.2) is 23.1 Å². The van der Waals surface area contributed by atoms with Gasteiger partial charge in [0, 0.05) is 35.4 Å². The lowest BCUT2D eigenvalue weighted by molar-refractivity contribution is 0.199. The van der Waals surface area contributed by atoms with Crippen molar-refractivity contribution in [1.82, 2.24) is 5.32 Å². The summed E-state index contributed by atoms with van der Waals surface area (Å²) in [5, 5.41) is 13.3. The van der Waals surface area contributed by atoms with Gasteiger partial charge in [0.2, 0.25) is 0 Å². The number of ether oxygens (including phenoxy) is 1. The molecule has 0 saturated carbocycles. The lowest BCUT2D eigenvalue weighted by atomic mass is 10.2. The molecule has 0 fully saturated rings. The molecule has 2 N–H and O–H groups in total. The van der Waals surface area contributed by atoms with Gasteiger partial charge in [-0.2, -0.15) is 0 Å². The lowest BCUT2D eigenvalue weighted by Gasteiger charge is -2.14. The summed E-state index contributed by atoms with van der Waals surface area (Å²) in [5.74, 6) is 0. The zero-order valence-electron chi connectivity index (χ0n) is 10.8. The predicted molar refractivity (Wildman–Crippen MR) is 77.4 cm³/mol. The molecule has 0 aromatic heterocycles. The molecule has 0 aliphatic heterocycles. The normalized spacial score (nSPS) is 12.7. The van der Waals surface area contributed by atoms with E-state index in [9.17, 15) is 0 Å². The quantitative estimate of drug-likeness (QED) is 0.570. The summed E-state index contributed by atoms with van der Waals surface area (Å²) in [6, 6.07) is 5.87. The predicted octanol–water partition coefficient (Wildman–Crippen LogP) is 2.55.